The molecular weight excluding hydrogens is 422 g/mol. The van der Waals surface area contributed by atoms with Crippen molar-refractivity contribution >= 4 is 72.1 Å². The Kier molecular flexibility index (Phi) is 4.95. The summed E-state index contributed by atoms with van der Waals surface area (Å²) >= 11 is 20.8. The number of hydrogen-bond acceptors (Lipinski definition) is 3. The first-order valence-electron chi connectivity index (χ1n) is 5.43. The number of anilines is 2. The first kappa shape index (κ1) is 16.7. The van der Waals surface area contributed by atoms with Gasteiger partial charge >= 0.3 is 0 Å². The molecule has 0 amide bonds. The molecule has 21 heavy (non-hydrogen) atoms. The van der Waals surface area contributed by atoms with E-state index in [0.29, 0.717) is 0 Å². The molecule has 0 unspecified atom stereocenters. The molecular formula is C12H8BrCl3N2O2S. The standard InChI is InChI=1S/C12H8BrCl3N2O2S/c13-11-8(17)4-6(14)5-10(11)21(19,20)18-9-3-1-2-7(15)12(9)16/h1-5,18H,17H2. The maximum absolute atomic E-state index is 12.4. The fraction of sp³-hybridized carbons (Fsp3) is 0. The number of nitrogen functional groups attached to an aromatic ring is 1. The molecule has 0 bridgehead atoms. The highest BCUT2D eigenvalue weighted by molar-refractivity contribution is 9.10. The largest absolute Gasteiger partial charge is 0.398 e. The van der Waals surface area contributed by atoms with Gasteiger partial charge in [0.05, 0.1) is 20.2 Å². The van der Waals surface area contributed by atoms with Gasteiger partial charge in [0.1, 0.15) is 4.90 Å². The van der Waals surface area contributed by atoms with Gasteiger partial charge in [0.15, 0.2) is 0 Å². The minimum Gasteiger partial charge on any atom is -0.398 e. The normalized spacial score (nSPS) is 11.4. The van der Waals surface area contributed by atoms with Crippen molar-refractivity contribution in [2.75, 3.05) is 10.5 Å². The van der Waals surface area contributed by atoms with E-state index in [2.05, 4.69) is 20.7 Å². The molecule has 0 spiro atoms. The van der Waals surface area contributed by atoms with Gasteiger partial charge in [-0.3, -0.25) is 4.72 Å². The lowest BCUT2D eigenvalue weighted by Crippen LogP contribution is -2.14. The van der Waals surface area contributed by atoms with Crippen LogP contribution in [0.3, 0.4) is 0 Å². The topological polar surface area (TPSA) is 72.2 Å². The van der Waals surface area contributed by atoms with Crippen molar-refractivity contribution in [2.45, 2.75) is 4.90 Å². The molecule has 0 aromatic heterocycles. The lowest BCUT2D eigenvalue weighted by molar-refractivity contribution is 0.601. The smallest absolute Gasteiger partial charge is 0.263 e. The van der Waals surface area contributed by atoms with Crippen molar-refractivity contribution in [2.24, 2.45) is 0 Å². The van der Waals surface area contributed by atoms with Crippen molar-refractivity contribution in [3.8, 4) is 0 Å². The summed E-state index contributed by atoms with van der Waals surface area (Å²) < 4.78 is 27.4. The molecule has 112 valence electrons. The Labute approximate surface area is 145 Å². The van der Waals surface area contributed by atoms with E-state index in [1.807, 2.05) is 0 Å². The lowest BCUT2D eigenvalue weighted by atomic mass is 10.3. The van der Waals surface area contributed by atoms with Gasteiger partial charge < -0.3 is 5.73 Å². The fourth-order valence-corrected chi connectivity index (χ4v) is 4.33. The minimum atomic E-state index is -3.93. The monoisotopic (exact) mass is 428 g/mol. The second-order valence-electron chi connectivity index (χ2n) is 4.01. The van der Waals surface area contributed by atoms with E-state index in [0.717, 1.165) is 0 Å². The summed E-state index contributed by atoms with van der Waals surface area (Å²) in [5, 5.41) is 0.545. The molecule has 0 aliphatic rings. The Morgan fingerprint density at radius 1 is 1.14 bits per heavy atom. The van der Waals surface area contributed by atoms with E-state index in [4.69, 9.17) is 40.5 Å². The minimum absolute atomic E-state index is 0.0939. The molecule has 0 heterocycles. The maximum Gasteiger partial charge on any atom is 0.263 e. The predicted molar refractivity (Wildman–Crippen MR) is 90.8 cm³/mol. The number of nitrogens with two attached hydrogens (primary N) is 1. The van der Waals surface area contributed by atoms with Crippen LogP contribution in [0.25, 0.3) is 0 Å². The first-order chi connectivity index (χ1) is 9.72. The second-order valence-corrected chi connectivity index (χ2v) is 7.68. The molecule has 2 aromatic carbocycles. The average molecular weight is 431 g/mol. The number of nitrogens with one attached hydrogen (secondary N) is 1. The highest BCUT2D eigenvalue weighted by Gasteiger charge is 2.21. The third-order valence-electron chi connectivity index (χ3n) is 2.52. The molecule has 2 aromatic rings. The maximum atomic E-state index is 12.4. The molecule has 3 N–H and O–H groups in total. The number of rotatable bonds is 3. The summed E-state index contributed by atoms with van der Waals surface area (Å²) in [6.45, 7) is 0. The molecule has 0 saturated carbocycles. The van der Waals surface area contributed by atoms with E-state index >= 15 is 0 Å². The van der Waals surface area contributed by atoms with Gasteiger partial charge in [-0.1, -0.05) is 40.9 Å². The highest BCUT2D eigenvalue weighted by atomic mass is 79.9. The van der Waals surface area contributed by atoms with Gasteiger partial charge in [-0.2, -0.15) is 0 Å². The Bertz CT molecular complexity index is 812. The third-order valence-corrected chi connectivity index (χ3v) is 6.09. The van der Waals surface area contributed by atoms with Crippen LogP contribution in [0.2, 0.25) is 15.1 Å². The van der Waals surface area contributed by atoms with Crippen LogP contribution in [-0.4, -0.2) is 8.42 Å². The van der Waals surface area contributed by atoms with Crippen LogP contribution in [0.1, 0.15) is 0 Å². The van der Waals surface area contributed by atoms with Crippen molar-refractivity contribution in [3.05, 3.63) is 49.9 Å². The zero-order valence-corrected chi connectivity index (χ0v) is 14.9. The van der Waals surface area contributed by atoms with Gasteiger partial charge in [0.25, 0.3) is 10.0 Å². The fourth-order valence-electron chi connectivity index (χ4n) is 1.56. The summed E-state index contributed by atoms with van der Waals surface area (Å²) in [6, 6.07) is 7.34. The summed E-state index contributed by atoms with van der Waals surface area (Å²) in [4.78, 5) is -0.0939. The van der Waals surface area contributed by atoms with Crippen LogP contribution in [0, 0.1) is 0 Å². The first-order valence-corrected chi connectivity index (χ1v) is 8.84. The van der Waals surface area contributed by atoms with Gasteiger partial charge in [-0.05, 0) is 40.2 Å². The van der Waals surface area contributed by atoms with Crippen molar-refractivity contribution in [1.82, 2.24) is 0 Å². The van der Waals surface area contributed by atoms with E-state index in [1.165, 1.54) is 18.2 Å². The molecule has 0 aliphatic carbocycles. The summed E-state index contributed by atoms with van der Waals surface area (Å²) in [5.74, 6) is 0. The molecule has 2 rings (SSSR count). The Hall–Kier alpha value is -0.660. The van der Waals surface area contributed by atoms with Crippen LogP contribution in [0.15, 0.2) is 39.7 Å². The van der Waals surface area contributed by atoms with Crippen LogP contribution in [0.5, 0.6) is 0 Å². The van der Waals surface area contributed by atoms with Crippen LogP contribution >= 0.6 is 50.7 Å². The Morgan fingerprint density at radius 2 is 1.81 bits per heavy atom. The van der Waals surface area contributed by atoms with E-state index < -0.39 is 10.0 Å². The van der Waals surface area contributed by atoms with E-state index in [-0.39, 0.29) is 35.8 Å². The zero-order chi connectivity index (χ0) is 15.8. The zero-order valence-electron chi connectivity index (χ0n) is 10.2. The molecule has 9 heteroatoms. The summed E-state index contributed by atoms with van der Waals surface area (Å²) in [5.41, 5.74) is 6.06. The molecule has 0 fully saturated rings. The summed E-state index contributed by atoms with van der Waals surface area (Å²) in [7, 11) is -3.93. The van der Waals surface area contributed by atoms with E-state index in [1.54, 1.807) is 12.1 Å². The number of halogens is 4. The number of sulfonamides is 1. The van der Waals surface area contributed by atoms with Crippen LogP contribution in [0.4, 0.5) is 11.4 Å². The number of benzene rings is 2. The quantitative estimate of drug-likeness (QED) is 0.688. The van der Waals surface area contributed by atoms with Crippen LogP contribution < -0.4 is 10.5 Å². The van der Waals surface area contributed by atoms with Crippen molar-refractivity contribution in [1.29, 1.82) is 0 Å². The van der Waals surface area contributed by atoms with Crippen LogP contribution in [-0.2, 0) is 10.0 Å². The van der Waals surface area contributed by atoms with Gasteiger partial charge in [0, 0.05) is 10.7 Å². The third kappa shape index (κ3) is 3.57. The Balaban J connectivity index is 2.51. The molecule has 4 nitrogen and oxygen atoms in total. The number of hydrogen-bond donors (Lipinski definition) is 2. The van der Waals surface area contributed by atoms with E-state index in [9.17, 15) is 8.42 Å². The van der Waals surface area contributed by atoms with Gasteiger partial charge in [-0.25, -0.2) is 8.42 Å². The van der Waals surface area contributed by atoms with Gasteiger partial charge in [-0.15, -0.1) is 0 Å². The molecule has 0 saturated heterocycles. The molecule has 0 atom stereocenters. The van der Waals surface area contributed by atoms with Crippen molar-refractivity contribution in [3.63, 3.8) is 0 Å². The molecule has 0 radical (unpaired) electrons. The Morgan fingerprint density at radius 3 is 2.48 bits per heavy atom. The SMILES string of the molecule is Nc1cc(Cl)cc(S(=O)(=O)Nc2cccc(Cl)c2Cl)c1Br. The van der Waals surface area contributed by atoms with Crippen molar-refractivity contribution < 1.29 is 8.42 Å². The predicted octanol–water partition coefficient (Wildman–Crippen LogP) is 4.79. The molecule has 0 aliphatic heterocycles. The summed E-state index contributed by atoms with van der Waals surface area (Å²) in [6.07, 6.45) is 0. The average Bonchev–Trinajstić information content (AvgIpc) is 2.39. The second kappa shape index (κ2) is 6.22. The lowest BCUT2D eigenvalue weighted by Gasteiger charge is -2.13. The van der Waals surface area contributed by atoms with Gasteiger partial charge in [0.2, 0.25) is 0 Å². The highest BCUT2D eigenvalue weighted by Crippen LogP contribution is 2.35.